The molecule has 0 unspecified atom stereocenters. The molecule has 1 N–H and O–H groups in total. The fraction of sp³-hybridized carbons (Fsp3) is 0.368. The van der Waals surface area contributed by atoms with E-state index in [1.54, 1.807) is 25.4 Å². The van der Waals surface area contributed by atoms with Gasteiger partial charge in [0.1, 0.15) is 11.5 Å². The van der Waals surface area contributed by atoms with E-state index in [9.17, 15) is 13.6 Å². The Labute approximate surface area is 165 Å². The van der Waals surface area contributed by atoms with Crippen molar-refractivity contribution in [3.05, 3.63) is 36.2 Å². The van der Waals surface area contributed by atoms with Gasteiger partial charge in [-0.15, -0.1) is 5.10 Å². The van der Waals surface area contributed by atoms with Gasteiger partial charge >= 0.3 is 0 Å². The summed E-state index contributed by atoms with van der Waals surface area (Å²) in [5, 5.41) is 7.98. The largest absolute Gasteiger partial charge is 0.378 e. The van der Waals surface area contributed by atoms with Gasteiger partial charge in [0.25, 0.3) is 5.92 Å². The van der Waals surface area contributed by atoms with Gasteiger partial charge in [0.05, 0.1) is 17.0 Å². The van der Waals surface area contributed by atoms with Crippen molar-refractivity contribution in [2.75, 3.05) is 30.4 Å². The molecular weight excluding hydrogens is 382 g/mol. The highest BCUT2D eigenvalue weighted by molar-refractivity contribution is 5.95. The number of nitrogens with one attached hydrogen (secondary N) is 1. The van der Waals surface area contributed by atoms with E-state index < -0.39 is 5.92 Å². The standard InChI is InChI=1S/C19H20F2N6O2/c1-11(28)23-16-7-14-13(8-22-16)18(26-9-12(10-26)29-3)25-27(14)17-6-4-5-15(24-17)19(2,20)21/h4-8,12H,9-10H2,1-3H3,(H,22,23,28). The molecule has 0 aliphatic carbocycles. The van der Waals surface area contributed by atoms with Crippen LogP contribution in [0.15, 0.2) is 30.5 Å². The molecule has 1 aliphatic rings. The second-order valence-electron chi connectivity index (χ2n) is 7.04. The summed E-state index contributed by atoms with van der Waals surface area (Å²) in [6.45, 7) is 3.51. The number of rotatable bonds is 5. The number of carbonyl (C=O) groups is 1. The highest BCUT2D eigenvalue weighted by atomic mass is 19.3. The van der Waals surface area contributed by atoms with Gasteiger partial charge in [0.2, 0.25) is 5.91 Å². The lowest BCUT2D eigenvalue weighted by molar-refractivity contribution is -0.114. The van der Waals surface area contributed by atoms with E-state index in [1.807, 2.05) is 4.90 Å². The molecule has 4 heterocycles. The van der Waals surface area contributed by atoms with E-state index >= 15 is 0 Å². The van der Waals surface area contributed by atoms with E-state index in [0.29, 0.717) is 30.2 Å². The summed E-state index contributed by atoms with van der Waals surface area (Å²) >= 11 is 0. The average Bonchev–Trinajstić information content (AvgIpc) is 2.98. The van der Waals surface area contributed by atoms with Crippen molar-refractivity contribution in [1.82, 2.24) is 19.7 Å². The molecular formula is C19H20F2N6O2. The lowest BCUT2D eigenvalue weighted by atomic mass is 10.1. The van der Waals surface area contributed by atoms with Crippen LogP contribution >= 0.6 is 0 Å². The Bertz CT molecular complexity index is 1070. The molecule has 1 saturated heterocycles. The van der Waals surface area contributed by atoms with Crippen molar-refractivity contribution in [2.24, 2.45) is 0 Å². The summed E-state index contributed by atoms with van der Waals surface area (Å²) in [5.41, 5.74) is 0.253. The van der Waals surface area contributed by atoms with Crippen molar-refractivity contribution in [2.45, 2.75) is 25.9 Å². The number of nitrogens with zero attached hydrogens (tertiary/aromatic N) is 5. The smallest absolute Gasteiger partial charge is 0.287 e. The van der Waals surface area contributed by atoms with Gasteiger partial charge < -0.3 is 15.0 Å². The monoisotopic (exact) mass is 402 g/mol. The predicted octanol–water partition coefficient (Wildman–Crippen LogP) is 2.72. The molecule has 0 saturated carbocycles. The number of aromatic nitrogens is 4. The zero-order valence-corrected chi connectivity index (χ0v) is 16.2. The van der Waals surface area contributed by atoms with Crippen molar-refractivity contribution >= 4 is 28.4 Å². The number of fused-ring (bicyclic) bond motifs is 1. The van der Waals surface area contributed by atoms with Crippen LogP contribution < -0.4 is 10.2 Å². The number of hydrogen-bond donors (Lipinski definition) is 1. The maximum absolute atomic E-state index is 13.8. The Kier molecular flexibility index (Phi) is 4.65. The number of amides is 1. The van der Waals surface area contributed by atoms with Gasteiger partial charge in [0.15, 0.2) is 11.6 Å². The van der Waals surface area contributed by atoms with Crippen LogP contribution in [-0.2, 0) is 15.5 Å². The minimum atomic E-state index is -3.08. The molecule has 4 rings (SSSR count). The number of alkyl halides is 2. The zero-order valence-electron chi connectivity index (χ0n) is 16.2. The molecule has 152 valence electrons. The van der Waals surface area contributed by atoms with Gasteiger partial charge in [-0.05, 0) is 12.1 Å². The predicted molar refractivity (Wildman–Crippen MR) is 104 cm³/mol. The Morgan fingerprint density at radius 3 is 2.76 bits per heavy atom. The fourth-order valence-corrected chi connectivity index (χ4v) is 3.20. The van der Waals surface area contributed by atoms with Gasteiger partial charge in [-0.3, -0.25) is 4.79 Å². The summed E-state index contributed by atoms with van der Waals surface area (Å²) in [5.74, 6) is -2.09. The quantitative estimate of drug-likeness (QED) is 0.706. The molecule has 0 atom stereocenters. The van der Waals surface area contributed by atoms with Crippen molar-refractivity contribution < 1.29 is 18.3 Å². The van der Waals surface area contributed by atoms with E-state index in [4.69, 9.17) is 4.74 Å². The number of halogens is 2. The van der Waals surface area contributed by atoms with Crippen LogP contribution in [0.3, 0.4) is 0 Å². The number of carbonyl (C=O) groups excluding carboxylic acids is 1. The molecule has 0 spiro atoms. The van der Waals surface area contributed by atoms with E-state index in [-0.39, 0.29) is 23.5 Å². The van der Waals surface area contributed by atoms with Crippen LogP contribution in [0, 0.1) is 0 Å². The molecule has 3 aromatic rings. The summed E-state index contributed by atoms with van der Waals surface area (Å²) in [6.07, 6.45) is 1.72. The van der Waals surface area contributed by atoms with E-state index in [2.05, 4.69) is 20.4 Å². The average molecular weight is 402 g/mol. The minimum Gasteiger partial charge on any atom is -0.378 e. The first-order valence-corrected chi connectivity index (χ1v) is 9.06. The van der Waals surface area contributed by atoms with Gasteiger partial charge in [-0.1, -0.05) is 6.07 Å². The summed E-state index contributed by atoms with van der Waals surface area (Å²) in [4.78, 5) is 21.8. The summed E-state index contributed by atoms with van der Waals surface area (Å²) < 4.78 is 34.4. The molecule has 1 amide bonds. The topological polar surface area (TPSA) is 85.2 Å². The Balaban J connectivity index is 1.84. The number of anilines is 2. The molecule has 10 heteroatoms. The third kappa shape index (κ3) is 3.63. The number of hydrogen-bond acceptors (Lipinski definition) is 6. The molecule has 8 nitrogen and oxygen atoms in total. The molecule has 3 aromatic heterocycles. The number of pyridine rings is 2. The number of ether oxygens (including phenoxy) is 1. The van der Waals surface area contributed by atoms with Crippen LogP contribution in [0.5, 0.6) is 0 Å². The highest BCUT2D eigenvalue weighted by Gasteiger charge is 2.31. The summed E-state index contributed by atoms with van der Waals surface area (Å²) in [7, 11) is 1.65. The van der Waals surface area contributed by atoms with Crippen LogP contribution in [0.2, 0.25) is 0 Å². The van der Waals surface area contributed by atoms with E-state index in [1.165, 1.54) is 23.7 Å². The van der Waals surface area contributed by atoms with Crippen molar-refractivity contribution in [3.63, 3.8) is 0 Å². The molecule has 1 fully saturated rings. The Hall–Kier alpha value is -3.14. The second-order valence-corrected chi connectivity index (χ2v) is 7.04. The molecule has 1 aliphatic heterocycles. The summed E-state index contributed by atoms with van der Waals surface area (Å²) in [6, 6.07) is 6.05. The van der Waals surface area contributed by atoms with Crippen LogP contribution in [0.25, 0.3) is 16.7 Å². The fourth-order valence-electron chi connectivity index (χ4n) is 3.20. The Morgan fingerprint density at radius 2 is 2.10 bits per heavy atom. The lowest BCUT2D eigenvalue weighted by Gasteiger charge is -2.38. The zero-order chi connectivity index (χ0) is 20.8. The number of methoxy groups -OCH3 is 1. The third-order valence-corrected chi connectivity index (χ3v) is 4.73. The van der Waals surface area contributed by atoms with Crippen molar-refractivity contribution in [1.29, 1.82) is 0 Å². The molecule has 0 radical (unpaired) electrons. The second kappa shape index (κ2) is 7.03. The maximum atomic E-state index is 13.8. The molecule has 0 aromatic carbocycles. The van der Waals surface area contributed by atoms with Crippen LogP contribution in [0.1, 0.15) is 19.5 Å². The molecule has 29 heavy (non-hydrogen) atoms. The highest BCUT2D eigenvalue weighted by Crippen LogP contribution is 2.33. The molecule has 0 bridgehead atoms. The first-order chi connectivity index (χ1) is 13.8. The van der Waals surface area contributed by atoms with Crippen molar-refractivity contribution in [3.8, 4) is 5.82 Å². The minimum absolute atomic E-state index is 0.113. The van der Waals surface area contributed by atoms with Crippen LogP contribution in [-0.4, -0.2) is 52.0 Å². The van der Waals surface area contributed by atoms with E-state index in [0.717, 1.165) is 12.3 Å². The SMILES string of the molecule is COC1CN(c2nn(-c3cccc(C(C)(F)F)n3)c3cc(NC(C)=O)ncc23)C1. The third-order valence-electron chi connectivity index (χ3n) is 4.73. The Morgan fingerprint density at radius 1 is 1.34 bits per heavy atom. The van der Waals surface area contributed by atoms with Gasteiger partial charge in [-0.2, -0.15) is 8.78 Å². The van der Waals surface area contributed by atoms with Gasteiger partial charge in [0, 0.05) is 46.3 Å². The lowest BCUT2D eigenvalue weighted by Crippen LogP contribution is -2.52. The normalized spacial score (nSPS) is 14.9. The maximum Gasteiger partial charge on any atom is 0.287 e. The first kappa shape index (κ1) is 19.2. The van der Waals surface area contributed by atoms with Crippen LogP contribution in [0.4, 0.5) is 20.4 Å². The first-order valence-electron chi connectivity index (χ1n) is 9.06. The van der Waals surface area contributed by atoms with Gasteiger partial charge in [-0.25, -0.2) is 14.6 Å².